The molecule has 0 bridgehead atoms. The number of amides is 2. The molecule has 0 spiro atoms. The largest absolute Gasteiger partial charge is 0.497 e. The van der Waals surface area contributed by atoms with Crippen molar-refractivity contribution in [2.45, 2.75) is 31.5 Å². The lowest BCUT2D eigenvalue weighted by atomic mass is 9.78. The Kier molecular flexibility index (Phi) is 6.42. The molecule has 0 saturated heterocycles. The smallest absolute Gasteiger partial charge is 0.255 e. The van der Waals surface area contributed by atoms with Crippen molar-refractivity contribution in [3.63, 3.8) is 0 Å². The van der Waals surface area contributed by atoms with Crippen LogP contribution >= 0.6 is 0 Å². The number of nitrogens with zero attached hydrogens (tertiary/aromatic N) is 2. The molecule has 6 rings (SSSR count). The van der Waals surface area contributed by atoms with Gasteiger partial charge < -0.3 is 14.5 Å². The van der Waals surface area contributed by atoms with Crippen LogP contribution in [0.4, 0.5) is 0 Å². The zero-order valence-electron chi connectivity index (χ0n) is 21.4. The Morgan fingerprint density at radius 1 is 0.842 bits per heavy atom. The summed E-state index contributed by atoms with van der Waals surface area (Å²) in [5, 5.41) is 0. The van der Waals surface area contributed by atoms with E-state index in [9.17, 15) is 9.59 Å². The molecule has 5 nitrogen and oxygen atoms in total. The molecule has 0 N–H and O–H groups in total. The van der Waals surface area contributed by atoms with E-state index in [2.05, 4.69) is 18.2 Å². The molecule has 0 saturated carbocycles. The monoisotopic (exact) mass is 502 g/mol. The summed E-state index contributed by atoms with van der Waals surface area (Å²) < 4.78 is 5.40. The molecule has 4 aromatic carbocycles. The third-order valence-electron chi connectivity index (χ3n) is 7.80. The highest BCUT2D eigenvalue weighted by Crippen LogP contribution is 2.45. The summed E-state index contributed by atoms with van der Waals surface area (Å²) in [6.45, 7) is 1.66. The maximum absolute atomic E-state index is 14.5. The van der Waals surface area contributed by atoms with Gasteiger partial charge in [0.15, 0.2) is 0 Å². The summed E-state index contributed by atoms with van der Waals surface area (Å²) in [7, 11) is 1.64. The third-order valence-corrected chi connectivity index (χ3v) is 7.80. The van der Waals surface area contributed by atoms with Crippen LogP contribution in [0, 0.1) is 0 Å². The van der Waals surface area contributed by atoms with E-state index in [4.69, 9.17) is 4.74 Å². The molecule has 0 unspecified atom stereocenters. The lowest BCUT2D eigenvalue weighted by Crippen LogP contribution is -2.49. The maximum atomic E-state index is 14.5. The highest BCUT2D eigenvalue weighted by Gasteiger charge is 2.45. The van der Waals surface area contributed by atoms with Crippen molar-refractivity contribution in [3.8, 4) is 5.75 Å². The minimum atomic E-state index is -0.522. The molecule has 0 aromatic heterocycles. The molecule has 0 aliphatic carbocycles. The van der Waals surface area contributed by atoms with Crippen molar-refractivity contribution < 1.29 is 14.3 Å². The van der Waals surface area contributed by atoms with Gasteiger partial charge in [0.2, 0.25) is 5.91 Å². The Labute approximate surface area is 223 Å². The Morgan fingerprint density at radius 2 is 1.53 bits per heavy atom. The zero-order valence-corrected chi connectivity index (χ0v) is 21.4. The van der Waals surface area contributed by atoms with Crippen molar-refractivity contribution in [3.05, 3.63) is 137 Å². The fourth-order valence-corrected chi connectivity index (χ4v) is 5.87. The second-order valence-electron chi connectivity index (χ2n) is 9.98. The summed E-state index contributed by atoms with van der Waals surface area (Å²) in [4.78, 5) is 32.4. The van der Waals surface area contributed by atoms with Crippen LogP contribution in [0.25, 0.3) is 0 Å². The minimum absolute atomic E-state index is 0.0540. The van der Waals surface area contributed by atoms with Crippen LogP contribution in [0.15, 0.2) is 103 Å². The first-order valence-corrected chi connectivity index (χ1v) is 13.1. The Morgan fingerprint density at radius 3 is 2.29 bits per heavy atom. The highest BCUT2D eigenvalue weighted by molar-refractivity contribution is 6.01. The molecule has 2 aliphatic heterocycles. The third kappa shape index (κ3) is 4.34. The topological polar surface area (TPSA) is 49.9 Å². The summed E-state index contributed by atoms with van der Waals surface area (Å²) in [5.74, 6) is 0.212. The molecule has 2 heterocycles. The van der Waals surface area contributed by atoms with Crippen LogP contribution in [0.5, 0.6) is 5.75 Å². The van der Waals surface area contributed by atoms with Crippen molar-refractivity contribution >= 4 is 11.8 Å². The zero-order chi connectivity index (χ0) is 26.1. The molecular weight excluding hydrogens is 472 g/mol. The van der Waals surface area contributed by atoms with Gasteiger partial charge in [-0.25, -0.2) is 0 Å². The lowest BCUT2D eigenvalue weighted by molar-refractivity contribution is -0.135. The Bertz CT molecular complexity index is 1470. The summed E-state index contributed by atoms with van der Waals surface area (Å²) in [6, 6.07) is 33.2. The van der Waals surface area contributed by atoms with Gasteiger partial charge >= 0.3 is 0 Å². The number of ether oxygens (including phenoxy) is 1. The fraction of sp³-hybridized carbons (Fsp3) is 0.212. The number of fused-ring (bicyclic) bond motifs is 2. The van der Waals surface area contributed by atoms with Gasteiger partial charge in [0, 0.05) is 25.2 Å². The van der Waals surface area contributed by atoms with Crippen LogP contribution in [0.1, 0.15) is 50.1 Å². The average molecular weight is 503 g/mol. The highest BCUT2D eigenvalue weighted by atomic mass is 16.5. The van der Waals surface area contributed by atoms with E-state index in [1.54, 1.807) is 7.11 Å². The number of hydrogen-bond donors (Lipinski definition) is 0. The van der Waals surface area contributed by atoms with Crippen molar-refractivity contribution in [1.82, 2.24) is 9.80 Å². The lowest BCUT2D eigenvalue weighted by Gasteiger charge is -2.44. The maximum Gasteiger partial charge on any atom is 0.255 e. The van der Waals surface area contributed by atoms with Gasteiger partial charge in [-0.1, -0.05) is 84.9 Å². The minimum Gasteiger partial charge on any atom is -0.497 e. The first-order valence-electron chi connectivity index (χ1n) is 13.1. The molecule has 0 fully saturated rings. The number of benzene rings is 4. The van der Waals surface area contributed by atoms with Gasteiger partial charge in [0.1, 0.15) is 5.75 Å². The first-order chi connectivity index (χ1) is 18.6. The van der Waals surface area contributed by atoms with E-state index in [1.807, 2.05) is 94.7 Å². The van der Waals surface area contributed by atoms with Gasteiger partial charge in [-0.05, 0) is 52.4 Å². The van der Waals surface area contributed by atoms with Crippen LogP contribution in [-0.2, 0) is 24.3 Å². The molecule has 2 aliphatic rings. The molecule has 5 heteroatoms. The van der Waals surface area contributed by atoms with Crippen LogP contribution in [0.3, 0.4) is 0 Å². The second kappa shape index (κ2) is 10.2. The predicted octanol–water partition coefficient (Wildman–Crippen LogP) is 5.76. The van der Waals surface area contributed by atoms with Gasteiger partial charge in [0.25, 0.3) is 5.91 Å². The van der Waals surface area contributed by atoms with Gasteiger partial charge in [-0.15, -0.1) is 0 Å². The Hall–Kier alpha value is -4.38. The van der Waals surface area contributed by atoms with E-state index < -0.39 is 12.0 Å². The van der Waals surface area contributed by atoms with E-state index in [0.29, 0.717) is 25.2 Å². The van der Waals surface area contributed by atoms with Crippen LogP contribution < -0.4 is 4.74 Å². The molecule has 2 atom stereocenters. The number of carbonyl (C=O) groups excluding carboxylic acids is 2. The number of methoxy groups -OCH3 is 1. The standard InChI is InChI=1S/C33H30N2O3/c1-38-27-17-15-25(16-18-27)31-30(33(37)34-20-19-24-11-5-6-12-26(24)22-34)28-13-7-8-14-29(28)32(36)35(31)21-23-9-3-2-4-10-23/h2-18,30-31H,19-22H2,1H3/t30-,31-/m0/s1. The van der Waals surface area contributed by atoms with Crippen LogP contribution in [0.2, 0.25) is 0 Å². The van der Waals surface area contributed by atoms with E-state index >= 15 is 0 Å². The van der Waals surface area contributed by atoms with E-state index in [1.165, 1.54) is 11.1 Å². The summed E-state index contributed by atoms with van der Waals surface area (Å²) >= 11 is 0. The molecular formula is C33H30N2O3. The van der Waals surface area contributed by atoms with Gasteiger partial charge in [0.05, 0.1) is 19.1 Å². The van der Waals surface area contributed by atoms with Crippen molar-refractivity contribution in [1.29, 1.82) is 0 Å². The van der Waals surface area contributed by atoms with Crippen molar-refractivity contribution in [2.75, 3.05) is 13.7 Å². The molecule has 2 amide bonds. The number of hydrogen-bond acceptors (Lipinski definition) is 3. The average Bonchev–Trinajstić information content (AvgIpc) is 2.98. The SMILES string of the molecule is COc1ccc([C@H]2[C@@H](C(=O)N3CCc4ccccc4C3)c3ccccc3C(=O)N2Cc2ccccc2)cc1. The van der Waals surface area contributed by atoms with Gasteiger partial charge in [-0.3, -0.25) is 9.59 Å². The van der Waals surface area contributed by atoms with Crippen LogP contribution in [-0.4, -0.2) is 35.3 Å². The molecule has 38 heavy (non-hydrogen) atoms. The molecule has 190 valence electrons. The normalized spacial score (nSPS) is 18.5. The number of carbonyl (C=O) groups is 2. The molecule has 4 aromatic rings. The summed E-state index contributed by atoms with van der Waals surface area (Å²) in [5.41, 5.74) is 5.83. The van der Waals surface area contributed by atoms with Crippen molar-refractivity contribution in [2.24, 2.45) is 0 Å². The quantitative estimate of drug-likeness (QED) is 0.349. The number of rotatable bonds is 5. The first kappa shape index (κ1) is 24.0. The fourth-order valence-electron chi connectivity index (χ4n) is 5.87. The second-order valence-corrected chi connectivity index (χ2v) is 9.98. The van der Waals surface area contributed by atoms with Gasteiger partial charge in [-0.2, -0.15) is 0 Å². The Balaban J connectivity index is 1.47. The molecule has 0 radical (unpaired) electrons. The van der Waals surface area contributed by atoms with E-state index in [0.717, 1.165) is 28.9 Å². The summed E-state index contributed by atoms with van der Waals surface area (Å²) in [6.07, 6.45) is 0.830. The predicted molar refractivity (Wildman–Crippen MR) is 147 cm³/mol. The van der Waals surface area contributed by atoms with E-state index in [-0.39, 0.29) is 11.8 Å².